The molecule has 0 bridgehead atoms. The Bertz CT molecular complexity index is 1210. The standard InChI is InChI=1S/C26H20BrClN2O/c27-24-16-20(14-21-3-1-2-4-25(21)28)15-22(26(24)31)17-30-23-7-5-18(6-8-23)13-19-9-11-29-12-10-19/h1-12,15-17,31H,13-14H2. The number of phenols is 1. The molecule has 0 saturated carbocycles. The van der Waals surface area contributed by atoms with Gasteiger partial charge in [-0.25, -0.2) is 0 Å². The summed E-state index contributed by atoms with van der Waals surface area (Å²) in [5, 5.41) is 11.2. The van der Waals surface area contributed by atoms with Crippen LogP contribution in [0.1, 0.15) is 27.8 Å². The number of benzene rings is 3. The van der Waals surface area contributed by atoms with E-state index in [1.807, 2.05) is 60.7 Å². The Balaban J connectivity index is 1.51. The highest BCUT2D eigenvalue weighted by molar-refractivity contribution is 9.10. The number of halogens is 2. The minimum atomic E-state index is 0.168. The van der Waals surface area contributed by atoms with Gasteiger partial charge in [-0.2, -0.15) is 0 Å². The molecule has 1 N–H and O–H groups in total. The second-order valence-electron chi connectivity index (χ2n) is 7.24. The van der Waals surface area contributed by atoms with E-state index in [1.54, 1.807) is 18.6 Å². The van der Waals surface area contributed by atoms with Gasteiger partial charge in [-0.3, -0.25) is 9.98 Å². The van der Waals surface area contributed by atoms with E-state index in [0.717, 1.165) is 28.3 Å². The summed E-state index contributed by atoms with van der Waals surface area (Å²) in [5.41, 5.74) is 5.97. The Hall–Kier alpha value is -2.95. The summed E-state index contributed by atoms with van der Waals surface area (Å²) < 4.78 is 0.631. The van der Waals surface area contributed by atoms with Gasteiger partial charge in [0.25, 0.3) is 0 Å². The van der Waals surface area contributed by atoms with Crippen LogP contribution in [-0.4, -0.2) is 16.3 Å². The van der Waals surface area contributed by atoms with E-state index >= 15 is 0 Å². The summed E-state index contributed by atoms with van der Waals surface area (Å²) in [4.78, 5) is 8.60. The van der Waals surface area contributed by atoms with Crippen LogP contribution < -0.4 is 0 Å². The molecule has 0 atom stereocenters. The van der Waals surface area contributed by atoms with Gasteiger partial charge >= 0.3 is 0 Å². The molecule has 4 rings (SSSR count). The SMILES string of the molecule is Oc1c(Br)cc(Cc2ccccc2Cl)cc1C=Nc1ccc(Cc2ccncc2)cc1. The Labute approximate surface area is 195 Å². The van der Waals surface area contributed by atoms with Crippen molar-refractivity contribution in [1.29, 1.82) is 0 Å². The molecular formula is C26H20BrClN2O. The molecule has 0 amide bonds. The first-order valence-corrected chi connectivity index (χ1v) is 11.0. The van der Waals surface area contributed by atoms with E-state index in [9.17, 15) is 5.11 Å². The van der Waals surface area contributed by atoms with Crippen molar-refractivity contribution in [3.63, 3.8) is 0 Å². The van der Waals surface area contributed by atoms with Gasteiger partial charge in [0, 0.05) is 29.2 Å². The number of aromatic hydroxyl groups is 1. The quantitative estimate of drug-likeness (QED) is 0.291. The molecule has 1 heterocycles. The Kier molecular flexibility index (Phi) is 6.80. The number of aliphatic imine (C=N–C) groups is 1. The van der Waals surface area contributed by atoms with E-state index in [4.69, 9.17) is 11.6 Å². The van der Waals surface area contributed by atoms with Gasteiger partial charge in [-0.15, -0.1) is 0 Å². The fraction of sp³-hybridized carbons (Fsp3) is 0.0769. The smallest absolute Gasteiger partial charge is 0.138 e. The molecule has 3 nitrogen and oxygen atoms in total. The highest BCUT2D eigenvalue weighted by Gasteiger charge is 2.09. The van der Waals surface area contributed by atoms with E-state index in [0.29, 0.717) is 16.5 Å². The summed E-state index contributed by atoms with van der Waals surface area (Å²) in [7, 11) is 0. The normalized spacial score (nSPS) is 11.2. The molecule has 31 heavy (non-hydrogen) atoms. The maximum atomic E-state index is 10.5. The van der Waals surface area contributed by atoms with Crippen molar-refractivity contribution in [1.82, 2.24) is 4.98 Å². The highest BCUT2D eigenvalue weighted by atomic mass is 79.9. The Morgan fingerprint density at radius 1 is 0.871 bits per heavy atom. The van der Waals surface area contributed by atoms with Gasteiger partial charge in [0.05, 0.1) is 10.2 Å². The minimum absolute atomic E-state index is 0.168. The van der Waals surface area contributed by atoms with Gasteiger partial charge in [0.1, 0.15) is 5.75 Å². The molecule has 0 radical (unpaired) electrons. The third kappa shape index (κ3) is 5.60. The number of phenolic OH excluding ortho intramolecular Hbond substituents is 1. The van der Waals surface area contributed by atoms with Gasteiger partial charge in [-0.05, 0) is 93.5 Å². The summed E-state index contributed by atoms with van der Waals surface area (Å²) in [5.74, 6) is 0.168. The summed E-state index contributed by atoms with van der Waals surface area (Å²) in [6.07, 6.45) is 6.82. The molecule has 0 unspecified atom stereocenters. The molecule has 0 fully saturated rings. The number of pyridine rings is 1. The number of nitrogens with zero attached hydrogens (tertiary/aromatic N) is 2. The Morgan fingerprint density at radius 2 is 1.58 bits per heavy atom. The van der Waals surface area contributed by atoms with Crippen LogP contribution in [-0.2, 0) is 12.8 Å². The lowest BCUT2D eigenvalue weighted by atomic mass is 10.0. The number of aromatic nitrogens is 1. The fourth-order valence-electron chi connectivity index (χ4n) is 3.32. The molecule has 3 aromatic carbocycles. The van der Waals surface area contributed by atoms with E-state index in [1.165, 1.54) is 11.1 Å². The molecule has 1 aromatic heterocycles. The van der Waals surface area contributed by atoms with Crippen LogP contribution in [0.25, 0.3) is 0 Å². The maximum Gasteiger partial charge on any atom is 0.138 e. The zero-order chi connectivity index (χ0) is 21.6. The van der Waals surface area contributed by atoms with Gasteiger partial charge < -0.3 is 5.11 Å². The average Bonchev–Trinajstić information content (AvgIpc) is 2.78. The average molecular weight is 492 g/mol. The number of hydrogen-bond donors (Lipinski definition) is 1. The zero-order valence-electron chi connectivity index (χ0n) is 16.7. The van der Waals surface area contributed by atoms with Crippen molar-refractivity contribution in [2.45, 2.75) is 12.8 Å². The Morgan fingerprint density at radius 3 is 2.32 bits per heavy atom. The molecule has 0 saturated heterocycles. The van der Waals surface area contributed by atoms with Gasteiger partial charge in [-0.1, -0.05) is 41.9 Å². The van der Waals surface area contributed by atoms with Crippen LogP contribution in [0.2, 0.25) is 5.02 Å². The monoisotopic (exact) mass is 490 g/mol. The molecule has 5 heteroatoms. The van der Waals surface area contributed by atoms with Gasteiger partial charge in [0.2, 0.25) is 0 Å². The summed E-state index contributed by atoms with van der Waals surface area (Å²) in [6, 6.07) is 23.7. The van der Waals surface area contributed by atoms with Crippen molar-refractivity contribution in [3.8, 4) is 5.75 Å². The van der Waals surface area contributed by atoms with E-state index in [2.05, 4.69) is 38.0 Å². The summed E-state index contributed by atoms with van der Waals surface area (Å²) in [6.45, 7) is 0. The predicted molar refractivity (Wildman–Crippen MR) is 131 cm³/mol. The topological polar surface area (TPSA) is 45.5 Å². The predicted octanol–water partition coefficient (Wildman–Crippen LogP) is 7.14. The fourth-order valence-corrected chi connectivity index (χ4v) is 4.05. The van der Waals surface area contributed by atoms with Crippen LogP contribution >= 0.6 is 27.5 Å². The highest BCUT2D eigenvalue weighted by Crippen LogP contribution is 2.31. The molecule has 0 aliphatic heterocycles. The lowest BCUT2D eigenvalue weighted by Gasteiger charge is -2.09. The third-order valence-electron chi connectivity index (χ3n) is 4.95. The molecule has 4 aromatic rings. The second-order valence-corrected chi connectivity index (χ2v) is 8.50. The first kappa shape index (κ1) is 21.3. The van der Waals surface area contributed by atoms with Crippen LogP contribution in [0.15, 0.2) is 94.7 Å². The van der Waals surface area contributed by atoms with Crippen molar-refractivity contribution in [2.24, 2.45) is 4.99 Å². The molecule has 0 aliphatic carbocycles. The van der Waals surface area contributed by atoms with Crippen molar-refractivity contribution in [3.05, 3.63) is 123 Å². The number of rotatable bonds is 6. The van der Waals surface area contributed by atoms with E-state index < -0.39 is 0 Å². The van der Waals surface area contributed by atoms with Crippen LogP contribution in [0.3, 0.4) is 0 Å². The van der Waals surface area contributed by atoms with E-state index in [-0.39, 0.29) is 5.75 Å². The largest absolute Gasteiger partial charge is 0.506 e. The van der Waals surface area contributed by atoms with Crippen molar-refractivity contribution >= 4 is 39.4 Å². The second kappa shape index (κ2) is 9.90. The van der Waals surface area contributed by atoms with Crippen LogP contribution in [0.4, 0.5) is 5.69 Å². The summed E-state index contributed by atoms with van der Waals surface area (Å²) >= 11 is 9.75. The van der Waals surface area contributed by atoms with Crippen molar-refractivity contribution in [2.75, 3.05) is 0 Å². The van der Waals surface area contributed by atoms with Gasteiger partial charge in [0.15, 0.2) is 0 Å². The molecule has 0 aliphatic rings. The number of hydrogen-bond acceptors (Lipinski definition) is 3. The van der Waals surface area contributed by atoms with Crippen LogP contribution in [0, 0.1) is 0 Å². The maximum absolute atomic E-state index is 10.5. The lowest BCUT2D eigenvalue weighted by Crippen LogP contribution is -1.93. The lowest BCUT2D eigenvalue weighted by molar-refractivity contribution is 0.471. The first-order chi connectivity index (χ1) is 15.1. The molecule has 0 spiro atoms. The van der Waals surface area contributed by atoms with Crippen LogP contribution in [0.5, 0.6) is 5.75 Å². The minimum Gasteiger partial charge on any atom is -0.506 e. The molecular weight excluding hydrogens is 472 g/mol. The first-order valence-electron chi connectivity index (χ1n) is 9.85. The third-order valence-corrected chi connectivity index (χ3v) is 5.92. The molecule has 154 valence electrons. The van der Waals surface area contributed by atoms with Crippen molar-refractivity contribution < 1.29 is 5.11 Å². The zero-order valence-corrected chi connectivity index (χ0v) is 19.0.